The van der Waals surface area contributed by atoms with Gasteiger partial charge in [0.25, 0.3) is 5.91 Å². The number of aromatic amines is 1. The summed E-state index contributed by atoms with van der Waals surface area (Å²) in [6, 6.07) is 1.67. The summed E-state index contributed by atoms with van der Waals surface area (Å²) in [5.74, 6) is 6.37. The van der Waals surface area contributed by atoms with Gasteiger partial charge in [-0.25, -0.2) is 15.8 Å². The second-order valence-electron chi connectivity index (χ2n) is 4.09. The number of amides is 1. The molecule has 8 heteroatoms. The number of aryl methyl sites for hydroxylation is 1. The van der Waals surface area contributed by atoms with Gasteiger partial charge in [0.15, 0.2) is 5.82 Å². The van der Waals surface area contributed by atoms with Crippen LogP contribution in [-0.2, 0) is 6.42 Å². The highest BCUT2D eigenvalue weighted by molar-refractivity contribution is 9.10. The maximum absolute atomic E-state index is 12.0. The zero-order chi connectivity index (χ0) is 14.4. The fraction of sp³-hybridized carbons (Fsp3) is 0.250. The lowest BCUT2D eigenvalue weighted by Crippen LogP contribution is -2.27. The number of halogens is 1. The third kappa shape index (κ3) is 3.78. The molecule has 0 aliphatic carbocycles. The zero-order valence-electron chi connectivity index (χ0n) is 10.7. The molecule has 0 fully saturated rings. The molecule has 0 radical (unpaired) electrons. The number of imidazole rings is 1. The largest absolute Gasteiger partial charge is 0.352 e. The van der Waals surface area contributed by atoms with Gasteiger partial charge >= 0.3 is 0 Å². The fourth-order valence-corrected chi connectivity index (χ4v) is 2.05. The third-order valence-corrected chi connectivity index (χ3v) is 3.10. The second kappa shape index (κ2) is 7.01. The number of hydrogen-bond donors (Lipinski definition) is 4. The predicted octanol–water partition coefficient (Wildman–Crippen LogP) is 1.22. The van der Waals surface area contributed by atoms with Gasteiger partial charge in [-0.3, -0.25) is 4.79 Å². The molecule has 0 bridgehead atoms. The number of hydrazine groups is 1. The van der Waals surface area contributed by atoms with E-state index in [0.717, 1.165) is 23.1 Å². The molecule has 0 aliphatic rings. The van der Waals surface area contributed by atoms with E-state index in [9.17, 15) is 4.79 Å². The summed E-state index contributed by atoms with van der Waals surface area (Å²) in [6.45, 7) is 0.552. The number of nitrogens with one attached hydrogen (secondary N) is 3. The molecule has 2 aromatic rings. The van der Waals surface area contributed by atoms with Gasteiger partial charge in [-0.1, -0.05) is 0 Å². The molecule has 2 heterocycles. The van der Waals surface area contributed by atoms with Crippen LogP contribution in [0.25, 0.3) is 0 Å². The maximum atomic E-state index is 12.0. The summed E-state index contributed by atoms with van der Waals surface area (Å²) < 4.78 is 0.720. The lowest BCUT2D eigenvalue weighted by Gasteiger charge is -2.09. The Morgan fingerprint density at radius 1 is 1.45 bits per heavy atom. The van der Waals surface area contributed by atoms with Crippen molar-refractivity contribution in [2.75, 3.05) is 12.0 Å². The lowest BCUT2D eigenvalue weighted by atomic mass is 10.2. The molecular formula is C12H15BrN6O. The van der Waals surface area contributed by atoms with E-state index < -0.39 is 0 Å². The minimum atomic E-state index is -0.216. The highest BCUT2D eigenvalue weighted by atomic mass is 79.9. The molecule has 1 amide bonds. The Kier molecular flexibility index (Phi) is 5.08. The summed E-state index contributed by atoms with van der Waals surface area (Å²) in [4.78, 5) is 23.2. The summed E-state index contributed by atoms with van der Waals surface area (Å²) in [7, 11) is 0. The van der Waals surface area contributed by atoms with Gasteiger partial charge in [0.2, 0.25) is 0 Å². The Labute approximate surface area is 124 Å². The van der Waals surface area contributed by atoms with Crippen LogP contribution in [0.3, 0.4) is 0 Å². The normalized spacial score (nSPS) is 10.3. The van der Waals surface area contributed by atoms with Crippen molar-refractivity contribution in [3.05, 3.63) is 40.5 Å². The minimum absolute atomic E-state index is 0.216. The Hall–Kier alpha value is -1.93. The summed E-state index contributed by atoms with van der Waals surface area (Å²) in [6.07, 6.45) is 6.64. The first-order valence-electron chi connectivity index (χ1n) is 6.09. The van der Waals surface area contributed by atoms with Gasteiger partial charge in [-0.15, -0.1) is 0 Å². The van der Waals surface area contributed by atoms with E-state index in [0.29, 0.717) is 17.9 Å². The van der Waals surface area contributed by atoms with E-state index in [-0.39, 0.29) is 5.91 Å². The molecule has 0 spiro atoms. The van der Waals surface area contributed by atoms with E-state index in [2.05, 4.69) is 41.6 Å². The number of aromatic nitrogens is 3. The molecule has 2 aromatic heterocycles. The number of rotatable bonds is 6. The summed E-state index contributed by atoms with van der Waals surface area (Å²) in [5.41, 5.74) is 2.81. The van der Waals surface area contributed by atoms with E-state index >= 15 is 0 Å². The molecule has 0 unspecified atom stereocenters. The number of carbonyl (C=O) groups is 1. The van der Waals surface area contributed by atoms with Gasteiger partial charge in [-0.2, -0.15) is 0 Å². The number of nitrogens with two attached hydrogens (primary N) is 1. The van der Waals surface area contributed by atoms with Crippen LogP contribution in [0.15, 0.2) is 29.1 Å². The van der Waals surface area contributed by atoms with Crippen LogP contribution in [0.1, 0.15) is 22.6 Å². The number of nitrogens with zero attached hydrogens (tertiary/aromatic N) is 2. The lowest BCUT2D eigenvalue weighted by molar-refractivity contribution is 0.0953. The zero-order valence-corrected chi connectivity index (χ0v) is 12.3. The number of anilines is 1. The van der Waals surface area contributed by atoms with Crippen molar-refractivity contribution >= 4 is 27.7 Å². The minimum Gasteiger partial charge on any atom is -0.352 e. The highest BCUT2D eigenvalue weighted by Gasteiger charge is 2.12. The maximum Gasteiger partial charge on any atom is 0.255 e. The average molecular weight is 339 g/mol. The highest BCUT2D eigenvalue weighted by Crippen LogP contribution is 2.17. The van der Waals surface area contributed by atoms with Crippen molar-refractivity contribution in [3.8, 4) is 0 Å². The van der Waals surface area contributed by atoms with Crippen LogP contribution in [0.2, 0.25) is 0 Å². The fourth-order valence-electron chi connectivity index (χ4n) is 1.72. The number of H-pyrrole nitrogens is 1. The number of carbonyl (C=O) groups excluding carboxylic acids is 1. The van der Waals surface area contributed by atoms with Gasteiger partial charge in [0, 0.05) is 36.0 Å². The van der Waals surface area contributed by atoms with Crippen LogP contribution in [0.5, 0.6) is 0 Å². The van der Waals surface area contributed by atoms with Gasteiger partial charge < -0.3 is 15.7 Å². The molecule has 7 nitrogen and oxygen atoms in total. The van der Waals surface area contributed by atoms with E-state index in [1.54, 1.807) is 24.7 Å². The first kappa shape index (κ1) is 14.5. The molecule has 0 aromatic carbocycles. The van der Waals surface area contributed by atoms with Crippen LogP contribution < -0.4 is 16.6 Å². The molecular weight excluding hydrogens is 324 g/mol. The second-order valence-corrected chi connectivity index (χ2v) is 5.01. The van der Waals surface area contributed by atoms with Gasteiger partial charge in [0.1, 0.15) is 5.82 Å². The van der Waals surface area contributed by atoms with Gasteiger partial charge in [0.05, 0.1) is 5.56 Å². The van der Waals surface area contributed by atoms with Crippen LogP contribution in [-0.4, -0.2) is 27.4 Å². The van der Waals surface area contributed by atoms with Crippen molar-refractivity contribution in [2.24, 2.45) is 5.84 Å². The van der Waals surface area contributed by atoms with Crippen LogP contribution in [0.4, 0.5) is 5.82 Å². The molecule has 2 rings (SSSR count). The van der Waals surface area contributed by atoms with Crippen LogP contribution >= 0.6 is 15.9 Å². The summed E-state index contributed by atoms with van der Waals surface area (Å²) >= 11 is 3.28. The van der Waals surface area contributed by atoms with Gasteiger partial charge in [-0.05, 0) is 28.4 Å². The average Bonchev–Trinajstić information content (AvgIpc) is 2.96. The first-order chi connectivity index (χ1) is 9.70. The van der Waals surface area contributed by atoms with Crippen molar-refractivity contribution < 1.29 is 4.79 Å². The van der Waals surface area contributed by atoms with E-state index in [1.165, 1.54) is 0 Å². The molecule has 20 heavy (non-hydrogen) atoms. The third-order valence-electron chi connectivity index (χ3n) is 2.67. The van der Waals surface area contributed by atoms with Crippen molar-refractivity contribution in [1.82, 2.24) is 20.3 Å². The standard InChI is InChI=1S/C12H15BrN6O/c13-8-6-9(11(19-14)18-7-8)12(20)17-3-1-2-10-15-4-5-16-10/h4-7H,1-3,14H2,(H,15,16)(H,17,20)(H,18,19). The van der Waals surface area contributed by atoms with Crippen molar-refractivity contribution in [3.63, 3.8) is 0 Å². The summed E-state index contributed by atoms with van der Waals surface area (Å²) in [5, 5.41) is 2.83. The van der Waals surface area contributed by atoms with Crippen molar-refractivity contribution in [1.29, 1.82) is 0 Å². The molecule has 106 valence electrons. The smallest absolute Gasteiger partial charge is 0.255 e. The first-order valence-corrected chi connectivity index (χ1v) is 6.88. The van der Waals surface area contributed by atoms with Crippen LogP contribution in [0, 0.1) is 0 Å². The number of pyridine rings is 1. The van der Waals surface area contributed by atoms with E-state index in [1.807, 2.05) is 0 Å². The molecule has 0 saturated carbocycles. The predicted molar refractivity (Wildman–Crippen MR) is 79.0 cm³/mol. The molecule has 0 atom stereocenters. The topological polar surface area (TPSA) is 109 Å². The number of hydrogen-bond acceptors (Lipinski definition) is 5. The Balaban J connectivity index is 1.87. The molecule has 0 saturated heterocycles. The quantitative estimate of drug-likeness (QED) is 0.359. The Morgan fingerprint density at radius 3 is 3.00 bits per heavy atom. The Morgan fingerprint density at radius 2 is 2.30 bits per heavy atom. The van der Waals surface area contributed by atoms with Crippen molar-refractivity contribution in [2.45, 2.75) is 12.8 Å². The molecule has 0 aliphatic heterocycles. The monoisotopic (exact) mass is 338 g/mol. The SMILES string of the molecule is NNc1ncc(Br)cc1C(=O)NCCCc1ncc[nH]1. The van der Waals surface area contributed by atoms with E-state index in [4.69, 9.17) is 5.84 Å². The number of nitrogen functional groups attached to an aromatic ring is 1. The molecule has 5 N–H and O–H groups in total. The Bertz CT molecular complexity index is 571.